The molecular weight excluding hydrogens is 286 g/mol. The minimum Gasteiger partial charge on any atom is -0.324 e. The van der Waals surface area contributed by atoms with Gasteiger partial charge in [-0.05, 0) is 37.1 Å². The summed E-state index contributed by atoms with van der Waals surface area (Å²) in [6.07, 6.45) is 0. The topological polar surface area (TPSA) is 81.2 Å². The first-order valence-corrected chi connectivity index (χ1v) is 7.44. The van der Waals surface area contributed by atoms with Gasteiger partial charge < -0.3 is 5.43 Å². The van der Waals surface area contributed by atoms with Gasteiger partial charge in [-0.1, -0.05) is 17.7 Å². The molecule has 0 spiro atoms. The van der Waals surface area contributed by atoms with E-state index in [1.54, 1.807) is 23.9 Å². The number of nitro groups is 1. The van der Waals surface area contributed by atoms with Crippen LogP contribution in [0.4, 0.5) is 11.4 Å². The summed E-state index contributed by atoms with van der Waals surface area (Å²) >= 11 is 1.65. The Balaban J connectivity index is 2.24. The van der Waals surface area contributed by atoms with E-state index >= 15 is 0 Å². The molecule has 0 saturated carbocycles. The Kier molecular flexibility index (Phi) is 4.82. The molecule has 0 aliphatic rings. The quantitative estimate of drug-likeness (QED) is 0.380. The Hall–Kier alpha value is -2.05. The fourth-order valence-corrected chi connectivity index (χ4v) is 3.09. The number of thioether (sulfide) groups is 1. The van der Waals surface area contributed by atoms with E-state index in [1.165, 1.54) is 22.1 Å². The van der Waals surface area contributed by atoms with Gasteiger partial charge in [-0.3, -0.25) is 16.0 Å². The molecule has 0 radical (unpaired) electrons. The molecular formula is C15H17N3O2S. The highest BCUT2D eigenvalue weighted by molar-refractivity contribution is 7.98. The number of rotatable bonds is 5. The van der Waals surface area contributed by atoms with Crippen molar-refractivity contribution in [3.8, 4) is 0 Å². The number of aryl methyl sites for hydroxylation is 2. The molecule has 110 valence electrons. The summed E-state index contributed by atoms with van der Waals surface area (Å²) < 4.78 is 0. The van der Waals surface area contributed by atoms with Gasteiger partial charge in [0.15, 0.2) is 0 Å². The number of benzene rings is 2. The molecule has 5 nitrogen and oxygen atoms in total. The van der Waals surface area contributed by atoms with Gasteiger partial charge >= 0.3 is 0 Å². The number of hydrogen-bond donors (Lipinski definition) is 2. The first kappa shape index (κ1) is 15.3. The van der Waals surface area contributed by atoms with Crippen LogP contribution in [0.15, 0.2) is 41.3 Å². The molecule has 2 aromatic carbocycles. The number of nitrogen functional groups attached to an aromatic ring is 1. The SMILES string of the molecule is Cc1ccc(C)c(SCc2cc([N+](=O)[O-])ccc2NN)c1. The molecule has 0 aliphatic carbocycles. The number of nitro benzene ring substituents is 1. The van der Waals surface area contributed by atoms with Crippen molar-refractivity contribution < 1.29 is 4.92 Å². The number of nitrogens with two attached hydrogens (primary N) is 1. The minimum absolute atomic E-state index is 0.0746. The van der Waals surface area contributed by atoms with Crippen LogP contribution in [-0.2, 0) is 5.75 Å². The zero-order valence-electron chi connectivity index (χ0n) is 11.9. The third-order valence-electron chi connectivity index (χ3n) is 3.18. The van der Waals surface area contributed by atoms with Crippen LogP contribution in [-0.4, -0.2) is 4.92 Å². The average Bonchev–Trinajstić information content (AvgIpc) is 2.47. The van der Waals surface area contributed by atoms with E-state index in [-0.39, 0.29) is 5.69 Å². The lowest BCUT2D eigenvalue weighted by molar-refractivity contribution is -0.384. The normalized spacial score (nSPS) is 10.4. The van der Waals surface area contributed by atoms with Crippen molar-refractivity contribution in [1.82, 2.24) is 0 Å². The Morgan fingerprint density at radius 1 is 1.24 bits per heavy atom. The van der Waals surface area contributed by atoms with E-state index in [9.17, 15) is 10.1 Å². The van der Waals surface area contributed by atoms with Gasteiger partial charge in [0, 0.05) is 22.8 Å². The Labute approximate surface area is 127 Å². The van der Waals surface area contributed by atoms with Crippen LogP contribution in [0.25, 0.3) is 0 Å². The van der Waals surface area contributed by atoms with Crippen LogP contribution in [0, 0.1) is 24.0 Å². The second-order valence-corrected chi connectivity index (χ2v) is 5.82. The third-order valence-corrected chi connectivity index (χ3v) is 4.39. The fourth-order valence-electron chi connectivity index (χ4n) is 1.97. The lowest BCUT2D eigenvalue weighted by Crippen LogP contribution is -2.09. The van der Waals surface area contributed by atoms with E-state index in [0.717, 1.165) is 5.56 Å². The van der Waals surface area contributed by atoms with Gasteiger partial charge in [-0.25, -0.2) is 0 Å². The second-order valence-electron chi connectivity index (χ2n) is 4.80. The summed E-state index contributed by atoms with van der Waals surface area (Å²) in [5.74, 6) is 6.09. The first-order chi connectivity index (χ1) is 10.0. The first-order valence-electron chi connectivity index (χ1n) is 6.45. The predicted octanol–water partition coefficient (Wildman–Crippen LogP) is 3.79. The summed E-state index contributed by atoms with van der Waals surface area (Å²) in [4.78, 5) is 11.6. The van der Waals surface area contributed by atoms with E-state index in [1.807, 2.05) is 6.92 Å². The Morgan fingerprint density at radius 2 is 2.00 bits per heavy atom. The molecule has 0 fully saturated rings. The van der Waals surface area contributed by atoms with Crippen LogP contribution in [0.3, 0.4) is 0 Å². The van der Waals surface area contributed by atoms with Gasteiger partial charge in [0.05, 0.1) is 10.6 Å². The van der Waals surface area contributed by atoms with Crippen LogP contribution in [0.2, 0.25) is 0 Å². The lowest BCUT2D eigenvalue weighted by atomic mass is 10.2. The Bertz CT molecular complexity index is 674. The van der Waals surface area contributed by atoms with Gasteiger partial charge in [-0.15, -0.1) is 11.8 Å². The van der Waals surface area contributed by atoms with Crippen molar-refractivity contribution in [2.75, 3.05) is 5.43 Å². The molecule has 3 N–H and O–H groups in total. The highest BCUT2D eigenvalue weighted by Crippen LogP contribution is 2.31. The standard InChI is InChI=1S/C15H17N3O2S/c1-10-3-4-11(2)15(7-10)21-9-12-8-13(18(19)20)5-6-14(12)17-16/h3-8,17H,9,16H2,1-2H3. The van der Waals surface area contributed by atoms with Gasteiger partial charge in [-0.2, -0.15) is 0 Å². The molecule has 6 heteroatoms. The highest BCUT2D eigenvalue weighted by atomic mass is 32.2. The van der Waals surface area contributed by atoms with E-state index in [2.05, 4.69) is 30.5 Å². The molecule has 21 heavy (non-hydrogen) atoms. The highest BCUT2D eigenvalue weighted by Gasteiger charge is 2.11. The fraction of sp³-hybridized carbons (Fsp3) is 0.200. The molecule has 0 aliphatic heterocycles. The number of nitrogens with zero attached hydrogens (tertiary/aromatic N) is 1. The van der Waals surface area contributed by atoms with Crippen molar-refractivity contribution in [2.24, 2.45) is 5.84 Å². The molecule has 0 saturated heterocycles. The molecule has 0 aromatic heterocycles. The van der Waals surface area contributed by atoms with Crippen LogP contribution in [0.5, 0.6) is 0 Å². The van der Waals surface area contributed by atoms with Crippen molar-refractivity contribution >= 4 is 23.1 Å². The summed E-state index contributed by atoms with van der Waals surface area (Å²) in [6.45, 7) is 4.10. The van der Waals surface area contributed by atoms with Crippen molar-refractivity contribution in [3.05, 3.63) is 63.2 Å². The minimum atomic E-state index is -0.396. The van der Waals surface area contributed by atoms with Crippen molar-refractivity contribution in [1.29, 1.82) is 0 Å². The van der Waals surface area contributed by atoms with Crippen molar-refractivity contribution in [2.45, 2.75) is 24.5 Å². The number of hydrogen-bond acceptors (Lipinski definition) is 5. The van der Waals surface area contributed by atoms with Crippen LogP contribution in [0.1, 0.15) is 16.7 Å². The zero-order valence-corrected chi connectivity index (χ0v) is 12.7. The molecule has 0 atom stereocenters. The lowest BCUT2D eigenvalue weighted by Gasteiger charge is -2.10. The largest absolute Gasteiger partial charge is 0.324 e. The summed E-state index contributed by atoms with van der Waals surface area (Å²) in [6, 6.07) is 10.9. The number of anilines is 1. The van der Waals surface area contributed by atoms with Crippen molar-refractivity contribution in [3.63, 3.8) is 0 Å². The van der Waals surface area contributed by atoms with E-state index in [0.29, 0.717) is 11.4 Å². The number of hydrazine groups is 1. The smallest absolute Gasteiger partial charge is 0.269 e. The average molecular weight is 303 g/mol. The maximum atomic E-state index is 10.9. The van der Waals surface area contributed by atoms with Gasteiger partial charge in [0.2, 0.25) is 0 Å². The van der Waals surface area contributed by atoms with Crippen LogP contribution >= 0.6 is 11.8 Å². The Morgan fingerprint density at radius 3 is 2.67 bits per heavy atom. The maximum absolute atomic E-state index is 10.9. The summed E-state index contributed by atoms with van der Waals surface area (Å²) in [5, 5.41) is 10.9. The zero-order chi connectivity index (χ0) is 15.4. The third kappa shape index (κ3) is 3.74. The second kappa shape index (κ2) is 6.60. The monoisotopic (exact) mass is 303 g/mol. The molecule has 2 rings (SSSR count). The van der Waals surface area contributed by atoms with Gasteiger partial charge in [0.25, 0.3) is 5.69 Å². The van der Waals surface area contributed by atoms with Crippen LogP contribution < -0.4 is 11.3 Å². The molecule has 2 aromatic rings. The number of non-ortho nitro benzene ring substituents is 1. The maximum Gasteiger partial charge on any atom is 0.269 e. The molecule has 0 unspecified atom stereocenters. The van der Waals surface area contributed by atoms with Gasteiger partial charge in [0.1, 0.15) is 0 Å². The van der Waals surface area contributed by atoms with E-state index < -0.39 is 4.92 Å². The summed E-state index contributed by atoms with van der Waals surface area (Å²) in [5.41, 5.74) is 6.57. The molecule has 0 amide bonds. The predicted molar refractivity (Wildman–Crippen MR) is 86.4 cm³/mol. The number of nitrogens with one attached hydrogen (secondary N) is 1. The summed E-state index contributed by atoms with van der Waals surface area (Å²) in [7, 11) is 0. The molecule has 0 heterocycles. The van der Waals surface area contributed by atoms with E-state index in [4.69, 9.17) is 5.84 Å². The molecule has 0 bridgehead atoms.